The largest absolute Gasteiger partial charge is 0.394 e. The normalized spacial score (nSPS) is 8.67. The second-order valence-corrected chi connectivity index (χ2v) is 2.47. The quantitative estimate of drug-likeness (QED) is 0.581. The van der Waals surface area contributed by atoms with Crippen molar-refractivity contribution in [2.45, 2.75) is 0 Å². The fourth-order valence-electron chi connectivity index (χ4n) is 0.826. The molecule has 0 aliphatic carbocycles. The van der Waals surface area contributed by atoms with Gasteiger partial charge in [0.05, 0.1) is 23.7 Å². The Morgan fingerprint density at radius 3 is 2.20 bits per heavy atom. The molecule has 0 aliphatic heterocycles. The molecule has 0 atom stereocenters. The van der Waals surface area contributed by atoms with E-state index in [1.54, 1.807) is 18.2 Å². The molecule has 0 saturated carbocycles. The summed E-state index contributed by atoms with van der Waals surface area (Å²) in [6, 6.07) is 6.48. The molecule has 0 bridgehead atoms. The molecule has 0 aliphatic rings. The third-order valence-corrected chi connectivity index (χ3v) is 1.45. The lowest BCUT2D eigenvalue weighted by atomic mass is 10.2. The Hall–Kier alpha value is -1.72. The first-order valence-corrected chi connectivity index (χ1v) is 4.25. The lowest BCUT2D eigenvalue weighted by Gasteiger charge is -1.93. The van der Waals surface area contributed by atoms with Gasteiger partial charge in [0.2, 0.25) is 0 Å². The van der Waals surface area contributed by atoms with E-state index in [0.717, 1.165) is 0 Å². The summed E-state index contributed by atoms with van der Waals surface area (Å²) in [4.78, 5) is 9.92. The molecule has 0 unspecified atom stereocenters. The average molecular weight is 211 g/mol. The third-order valence-electron chi connectivity index (χ3n) is 1.45. The number of para-hydroxylation sites is 1. The molecule has 0 fully saturated rings. The van der Waals surface area contributed by atoms with E-state index in [-0.39, 0.29) is 18.9 Å². The number of aliphatic hydroxyl groups is 2. The van der Waals surface area contributed by atoms with Crippen molar-refractivity contribution in [3.05, 3.63) is 46.5 Å². The van der Waals surface area contributed by atoms with Gasteiger partial charge < -0.3 is 10.2 Å². The molecule has 82 valence electrons. The number of hydrogen-bond acceptors (Lipinski definition) is 4. The summed E-state index contributed by atoms with van der Waals surface area (Å²) in [7, 11) is 0. The third kappa shape index (κ3) is 4.90. The Kier molecular flexibility index (Phi) is 6.78. The molecule has 0 heterocycles. The molecular formula is C10H13NO4. The van der Waals surface area contributed by atoms with E-state index in [1.165, 1.54) is 12.1 Å². The smallest absolute Gasteiger partial charge is 0.276 e. The molecule has 5 heteroatoms. The summed E-state index contributed by atoms with van der Waals surface area (Å²) in [5.41, 5.74) is 0.653. The van der Waals surface area contributed by atoms with Crippen LogP contribution in [-0.4, -0.2) is 28.4 Å². The number of nitro groups is 1. The first-order valence-electron chi connectivity index (χ1n) is 4.25. The van der Waals surface area contributed by atoms with E-state index >= 15 is 0 Å². The monoisotopic (exact) mass is 211 g/mol. The molecule has 2 N–H and O–H groups in total. The van der Waals surface area contributed by atoms with Gasteiger partial charge in [-0.1, -0.05) is 24.8 Å². The first-order chi connectivity index (χ1) is 7.17. The topological polar surface area (TPSA) is 83.6 Å². The van der Waals surface area contributed by atoms with Crippen LogP contribution in [0.25, 0.3) is 6.08 Å². The minimum atomic E-state index is -0.420. The van der Waals surface area contributed by atoms with Crippen molar-refractivity contribution in [1.82, 2.24) is 0 Å². The molecule has 0 spiro atoms. The summed E-state index contributed by atoms with van der Waals surface area (Å²) in [5, 5.41) is 25.6. The summed E-state index contributed by atoms with van der Waals surface area (Å²) in [6.45, 7) is 3.22. The maximum absolute atomic E-state index is 10.3. The van der Waals surface area contributed by atoms with E-state index in [9.17, 15) is 10.1 Å². The van der Waals surface area contributed by atoms with Crippen LogP contribution < -0.4 is 0 Å². The number of aliphatic hydroxyl groups excluding tert-OH is 2. The molecule has 0 saturated heterocycles. The highest BCUT2D eigenvalue weighted by molar-refractivity contribution is 5.58. The first kappa shape index (κ1) is 13.3. The van der Waals surface area contributed by atoms with Gasteiger partial charge in [-0.15, -0.1) is 0 Å². The zero-order valence-electron chi connectivity index (χ0n) is 8.17. The number of nitrogens with zero attached hydrogens (tertiary/aromatic N) is 1. The Morgan fingerprint density at radius 2 is 1.87 bits per heavy atom. The molecule has 0 amide bonds. The van der Waals surface area contributed by atoms with E-state index in [0.29, 0.717) is 5.56 Å². The van der Waals surface area contributed by atoms with E-state index in [2.05, 4.69) is 6.58 Å². The van der Waals surface area contributed by atoms with Gasteiger partial charge in [-0.3, -0.25) is 10.1 Å². The highest BCUT2D eigenvalue weighted by atomic mass is 16.6. The van der Waals surface area contributed by atoms with Crippen molar-refractivity contribution in [1.29, 1.82) is 0 Å². The number of benzene rings is 1. The molecule has 1 aromatic rings. The van der Waals surface area contributed by atoms with Crippen LogP contribution in [0.15, 0.2) is 30.8 Å². The second kappa shape index (κ2) is 7.66. The fourth-order valence-corrected chi connectivity index (χ4v) is 0.826. The van der Waals surface area contributed by atoms with E-state index in [1.807, 2.05) is 0 Å². The minimum Gasteiger partial charge on any atom is -0.394 e. The predicted octanol–water partition coefficient (Wildman–Crippen LogP) is 1.21. The summed E-state index contributed by atoms with van der Waals surface area (Å²) in [6.07, 6.45) is 1.47. The summed E-state index contributed by atoms with van der Waals surface area (Å²) >= 11 is 0. The van der Waals surface area contributed by atoms with Gasteiger partial charge >= 0.3 is 0 Å². The van der Waals surface area contributed by atoms with Crippen molar-refractivity contribution in [3.63, 3.8) is 0 Å². The van der Waals surface area contributed by atoms with Crippen LogP contribution in [0.5, 0.6) is 0 Å². The van der Waals surface area contributed by atoms with Crippen LogP contribution in [0.2, 0.25) is 0 Å². The molecular weight excluding hydrogens is 198 g/mol. The van der Waals surface area contributed by atoms with Crippen LogP contribution in [0.3, 0.4) is 0 Å². The van der Waals surface area contributed by atoms with Crippen molar-refractivity contribution in [2.24, 2.45) is 0 Å². The summed E-state index contributed by atoms with van der Waals surface area (Å²) < 4.78 is 0. The van der Waals surface area contributed by atoms with Gasteiger partial charge in [0, 0.05) is 6.07 Å². The number of hydrogen-bond donors (Lipinski definition) is 2. The van der Waals surface area contributed by atoms with Crippen LogP contribution in [-0.2, 0) is 0 Å². The number of nitro benzene ring substituents is 1. The van der Waals surface area contributed by atoms with Crippen LogP contribution in [0.4, 0.5) is 5.69 Å². The van der Waals surface area contributed by atoms with Crippen molar-refractivity contribution < 1.29 is 15.1 Å². The van der Waals surface area contributed by atoms with Crippen LogP contribution in [0, 0.1) is 10.1 Å². The Morgan fingerprint density at radius 1 is 1.33 bits per heavy atom. The maximum atomic E-state index is 10.3. The molecule has 5 nitrogen and oxygen atoms in total. The second-order valence-electron chi connectivity index (χ2n) is 2.47. The molecule has 15 heavy (non-hydrogen) atoms. The Balaban J connectivity index is 0.000000423. The molecule has 0 radical (unpaired) electrons. The fraction of sp³-hybridized carbons (Fsp3) is 0.200. The molecule has 1 rings (SSSR count). The lowest BCUT2D eigenvalue weighted by Crippen LogP contribution is -1.89. The Bertz CT molecular complexity index is 323. The van der Waals surface area contributed by atoms with Gasteiger partial charge in [-0.05, 0) is 6.07 Å². The molecule has 1 aromatic carbocycles. The van der Waals surface area contributed by atoms with Gasteiger partial charge in [-0.2, -0.15) is 0 Å². The zero-order chi connectivity index (χ0) is 11.7. The van der Waals surface area contributed by atoms with E-state index < -0.39 is 4.92 Å². The predicted molar refractivity (Wildman–Crippen MR) is 57.4 cm³/mol. The van der Waals surface area contributed by atoms with Gasteiger partial charge in [0.1, 0.15) is 0 Å². The van der Waals surface area contributed by atoms with Crippen LogP contribution >= 0.6 is 0 Å². The summed E-state index contributed by atoms with van der Waals surface area (Å²) in [5.74, 6) is 0. The van der Waals surface area contributed by atoms with Gasteiger partial charge in [0.25, 0.3) is 5.69 Å². The van der Waals surface area contributed by atoms with Crippen molar-refractivity contribution in [3.8, 4) is 0 Å². The van der Waals surface area contributed by atoms with E-state index in [4.69, 9.17) is 10.2 Å². The Labute approximate surface area is 87.4 Å². The standard InChI is InChI=1S/C8H7NO2.C2H6O2/c1-2-7-5-3-4-6-8(7)9(10)11;3-1-2-4/h2-6H,1H2;3-4H,1-2H2. The van der Waals surface area contributed by atoms with Gasteiger partial charge in [-0.25, -0.2) is 0 Å². The maximum Gasteiger partial charge on any atom is 0.276 e. The van der Waals surface area contributed by atoms with Crippen molar-refractivity contribution in [2.75, 3.05) is 13.2 Å². The zero-order valence-corrected chi connectivity index (χ0v) is 8.17. The minimum absolute atomic E-state index is 0.0995. The van der Waals surface area contributed by atoms with Crippen LogP contribution in [0.1, 0.15) is 5.56 Å². The average Bonchev–Trinajstić information content (AvgIpc) is 2.29. The SMILES string of the molecule is C=Cc1ccccc1[N+](=O)[O-].OCCO. The lowest BCUT2D eigenvalue weighted by molar-refractivity contribution is -0.385. The molecule has 0 aromatic heterocycles. The highest BCUT2D eigenvalue weighted by Gasteiger charge is 2.07. The van der Waals surface area contributed by atoms with Crippen molar-refractivity contribution >= 4 is 11.8 Å². The number of rotatable bonds is 3. The van der Waals surface area contributed by atoms with Gasteiger partial charge in [0.15, 0.2) is 0 Å². The highest BCUT2D eigenvalue weighted by Crippen LogP contribution is 2.17.